The Kier molecular flexibility index (Phi) is 4.73. The molecule has 166 valence electrons. The molecule has 2 aliphatic rings. The molecular weight excluding hydrogens is 440 g/mol. The van der Waals surface area contributed by atoms with Gasteiger partial charge < -0.3 is 10.0 Å². The molecule has 1 saturated heterocycles. The van der Waals surface area contributed by atoms with Crippen LogP contribution < -0.4 is 10.4 Å². The molecule has 32 heavy (non-hydrogen) atoms. The molecule has 1 aromatic carbocycles. The van der Waals surface area contributed by atoms with Crippen LogP contribution in [-0.4, -0.2) is 50.0 Å². The standard InChI is InChI=1S/C21H19F2N5O3S/c1-10-3-6-16-26(2)21(31)17-19(30)18(29)13(9-27(17)28(10)16)20-25-24-15(32-20)7-11-4-5-12(22)8-14(11)23/h4-5,8-10,16,30H,3,6-7H2,1-2H3/t10-,16?/m1/s1. The van der Waals surface area contributed by atoms with Gasteiger partial charge in [0.05, 0.1) is 5.56 Å². The number of carbonyl (C=O) groups is 1. The van der Waals surface area contributed by atoms with Gasteiger partial charge in [-0.3, -0.25) is 19.3 Å². The zero-order chi connectivity index (χ0) is 22.7. The third-order valence-corrected chi connectivity index (χ3v) is 6.99. The second-order valence-electron chi connectivity index (χ2n) is 8.03. The number of pyridine rings is 1. The highest BCUT2D eigenvalue weighted by molar-refractivity contribution is 7.14. The second-order valence-corrected chi connectivity index (χ2v) is 9.09. The zero-order valence-corrected chi connectivity index (χ0v) is 18.1. The van der Waals surface area contributed by atoms with Crippen LogP contribution in [0.5, 0.6) is 5.75 Å². The number of halogens is 2. The van der Waals surface area contributed by atoms with Gasteiger partial charge in [0.2, 0.25) is 5.43 Å². The van der Waals surface area contributed by atoms with Crippen molar-refractivity contribution in [1.29, 1.82) is 0 Å². The molecule has 2 aromatic heterocycles. The molecule has 3 aromatic rings. The van der Waals surface area contributed by atoms with Crippen molar-refractivity contribution in [3.8, 4) is 16.3 Å². The topological polar surface area (TPSA) is 91.6 Å². The number of hydrogen-bond acceptors (Lipinski definition) is 7. The number of hydrogen-bond donors (Lipinski definition) is 1. The Morgan fingerprint density at radius 2 is 2.00 bits per heavy atom. The molecule has 0 aliphatic carbocycles. The number of aromatic nitrogens is 3. The van der Waals surface area contributed by atoms with E-state index in [9.17, 15) is 23.5 Å². The van der Waals surface area contributed by atoms with Gasteiger partial charge in [0, 0.05) is 31.8 Å². The van der Waals surface area contributed by atoms with Crippen molar-refractivity contribution >= 4 is 17.2 Å². The number of carbonyl (C=O) groups excluding carboxylic acids is 1. The predicted molar refractivity (Wildman–Crippen MR) is 113 cm³/mol. The van der Waals surface area contributed by atoms with E-state index in [2.05, 4.69) is 10.2 Å². The van der Waals surface area contributed by atoms with Crippen LogP contribution in [0.2, 0.25) is 0 Å². The lowest BCUT2D eigenvalue weighted by atomic mass is 10.1. The van der Waals surface area contributed by atoms with Crippen LogP contribution in [0.4, 0.5) is 8.78 Å². The number of aromatic hydroxyl groups is 1. The van der Waals surface area contributed by atoms with E-state index in [1.807, 2.05) is 11.9 Å². The molecule has 4 heterocycles. The maximum atomic E-state index is 14.0. The summed E-state index contributed by atoms with van der Waals surface area (Å²) >= 11 is 1.07. The third kappa shape index (κ3) is 3.07. The SMILES string of the molecule is C[C@@H]1CCC2N(C)C(=O)c3c(O)c(=O)c(-c4nnc(Cc5ccc(F)cc5F)s4)cn3N21. The molecule has 1 unspecified atom stereocenters. The summed E-state index contributed by atoms with van der Waals surface area (Å²) in [5.41, 5.74) is -0.449. The molecule has 1 amide bonds. The van der Waals surface area contributed by atoms with E-state index in [0.717, 1.165) is 36.3 Å². The maximum Gasteiger partial charge on any atom is 0.277 e. The summed E-state index contributed by atoms with van der Waals surface area (Å²) in [6, 6.07) is 3.39. The van der Waals surface area contributed by atoms with Gasteiger partial charge in [0.1, 0.15) is 22.8 Å². The average Bonchev–Trinajstić information content (AvgIpc) is 3.37. The number of amides is 1. The first-order valence-electron chi connectivity index (χ1n) is 10.1. The minimum atomic E-state index is -0.723. The zero-order valence-electron chi connectivity index (χ0n) is 17.2. The van der Waals surface area contributed by atoms with Crippen LogP contribution >= 0.6 is 11.3 Å². The minimum absolute atomic E-state index is 0.0793. The van der Waals surface area contributed by atoms with Crippen LogP contribution in [0, 0.1) is 11.6 Å². The molecular formula is C21H19F2N5O3S. The maximum absolute atomic E-state index is 14.0. The molecule has 5 rings (SSSR count). The molecule has 0 saturated carbocycles. The number of rotatable bonds is 3. The van der Waals surface area contributed by atoms with Gasteiger partial charge in [0.15, 0.2) is 16.5 Å². The number of fused-ring (bicyclic) bond motifs is 3. The number of benzene rings is 1. The highest BCUT2D eigenvalue weighted by Crippen LogP contribution is 2.34. The third-order valence-electron chi connectivity index (χ3n) is 6.04. The van der Waals surface area contributed by atoms with Crippen LogP contribution in [-0.2, 0) is 6.42 Å². The lowest BCUT2D eigenvalue weighted by Gasteiger charge is -2.43. The van der Waals surface area contributed by atoms with E-state index in [4.69, 9.17) is 0 Å². The highest BCUT2D eigenvalue weighted by atomic mass is 32.1. The first kappa shape index (κ1) is 20.6. The Morgan fingerprint density at radius 3 is 2.75 bits per heavy atom. The van der Waals surface area contributed by atoms with E-state index in [1.165, 1.54) is 17.2 Å². The summed E-state index contributed by atoms with van der Waals surface area (Å²) in [6.45, 7) is 2.02. The van der Waals surface area contributed by atoms with E-state index in [-0.39, 0.29) is 40.5 Å². The van der Waals surface area contributed by atoms with Gasteiger partial charge >= 0.3 is 0 Å². The van der Waals surface area contributed by atoms with Crippen molar-refractivity contribution in [3.63, 3.8) is 0 Å². The fourth-order valence-corrected chi connectivity index (χ4v) is 5.23. The Labute approximate surface area is 185 Å². The summed E-state index contributed by atoms with van der Waals surface area (Å²) < 4.78 is 28.7. The summed E-state index contributed by atoms with van der Waals surface area (Å²) in [7, 11) is 1.66. The van der Waals surface area contributed by atoms with Crippen molar-refractivity contribution in [2.75, 3.05) is 12.1 Å². The van der Waals surface area contributed by atoms with E-state index in [0.29, 0.717) is 5.01 Å². The van der Waals surface area contributed by atoms with Gasteiger partial charge in [-0.15, -0.1) is 10.2 Å². The van der Waals surface area contributed by atoms with Crippen molar-refractivity contribution in [2.24, 2.45) is 0 Å². The summed E-state index contributed by atoms with van der Waals surface area (Å²) in [4.78, 5) is 27.3. The summed E-state index contributed by atoms with van der Waals surface area (Å²) in [6.07, 6.45) is 3.05. The normalized spacial score (nSPS) is 19.9. The Morgan fingerprint density at radius 1 is 1.22 bits per heavy atom. The summed E-state index contributed by atoms with van der Waals surface area (Å²) in [5, 5.41) is 21.4. The molecule has 8 nitrogen and oxygen atoms in total. The lowest BCUT2D eigenvalue weighted by Crippen LogP contribution is -2.59. The van der Waals surface area contributed by atoms with Crippen LogP contribution in [0.15, 0.2) is 29.2 Å². The minimum Gasteiger partial charge on any atom is -0.502 e. The first-order chi connectivity index (χ1) is 15.3. The van der Waals surface area contributed by atoms with E-state index < -0.39 is 28.7 Å². The molecule has 0 bridgehead atoms. The van der Waals surface area contributed by atoms with Crippen LogP contribution in [0.1, 0.15) is 40.8 Å². The van der Waals surface area contributed by atoms with Gasteiger partial charge in [0.25, 0.3) is 5.91 Å². The Bertz CT molecular complexity index is 1310. The molecule has 2 atom stereocenters. The monoisotopic (exact) mass is 459 g/mol. The first-order valence-corrected chi connectivity index (χ1v) is 10.9. The van der Waals surface area contributed by atoms with Crippen molar-refractivity contribution in [1.82, 2.24) is 19.8 Å². The summed E-state index contributed by atoms with van der Waals surface area (Å²) in [5.74, 6) is -2.43. The molecule has 1 fully saturated rings. The van der Waals surface area contributed by atoms with E-state index in [1.54, 1.807) is 11.7 Å². The van der Waals surface area contributed by atoms with Crippen LogP contribution in [0.25, 0.3) is 10.6 Å². The van der Waals surface area contributed by atoms with E-state index >= 15 is 0 Å². The smallest absolute Gasteiger partial charge is 0.277 e. The van der Waals surface area contributed by atoms with Crippen molar-refractivity contribution in [2.45, 2.75) is 38.4 Å². The van der Waals surface area contributed by atoms with Crippen molar-refractivity contribution < 1.29 is 18.7 Å². The predicted octanol–water partition coefficient (Wildman–Crippen LogP) is 2.47. The fourth-order valence-electron chi connectivity index (χ4n) is 4.36. The van der Waals surface area contributed by atoms with Gasteiger partial charge in [-0.05, 0) is 31.4 Å². The molecule has 11 heteroatoms. The van der Waals surface area contributed by atoms with Gasteiger partial charge in [-0.1, -0.05) is 17.4 Å². The van der Waals surface area contributed by atoms with Crippen LogP contribution in [0.3, 0.4) is 0 Å². The highest BCUT2D eigenvalue weighted by Gasteiger charge is 2.43. The van der Waals surface area contributed by atoms with Gasteiger partial charge in [-0.25, -0.2) is 8.78 Å². The fraction of sp³-hybridized carbons (Fsp3) is 0.333. The molecule has 1 N–H and O–H groups in total. The number of nitrogens with zero attached hydrogens (tertiary/aromatic N) is 5. The quantitative estimate of drug-likeness (QED) is 0.647. The Hall–Kier alpha value is -3.34. The Balaban J connectivity index is 1.57. The van der Waals surface area contributed by atoms with Crippen molar-refractivity contribution in [3.05, 3.63) is 62.5 Å². The molecule has 0 spiro atoms. The van der Waals surface area contributed by atoms with Gasteiger partial charge in [-0.2, -0.15) is 0 Å². The second kappa shape index (κ2) is 7.37. The molecule has 0 radical (unpaired) electrons. The molecule has 2 aliphatic heterocycles. The lowest BCUT2D eigenvalue weighted by molar-refractivity contribution is 0.0651. The largest absolute Gasteiger partial charge is 0.502 e. The average molecular weight is 459 g/mol.